The summed E-state index contributed by atoms with van der Waals surface area (Å²) in [6.45, 7) is 7.03. The average Bonchev–Trinajstić information content (AvgIpc) is 2.82. The number of benzene rings is 2. The fourth-order valence-corrected chi connectivity index (χ4v) is 5.14. The number of anilines is 2. The van der Waals surface area contributed by atoms with Gasteiger partial charge in [0.2, 0.25) is 0 Å². The molecule has 41 heavy (non-hydrogen) atoms. The molecule has 0 unspecified atom stereocenters. The highest BCUT2D eigenvalue weighted by Gasteiger charge is 2.46. The van der Waals surface area contributed by atoms with Crippen LogP contribution in [-0.2, 0) is 29.7 Å². The molecular weight excluding hydrogens is 554 g/mol. The number of nitrogens with zero attached hydrogens (tertiary/aromatic N) is 2. The molecule has 2 aliphatic heterocycles. The summed E-state index contributed by atoms with van der Waals surface area (Å²) < 4.78 is 85.9. The van der Waals surface area contributed by atoms with Gasteiger partial charge in [-0.05, 0) is 66.8 Å². The number of nitrogen functional groups attached to an aromatic ring is 2. The third-order valence-electron chi connectivity index (χ3n) is 6.85. The summed E-state index contributed by atoms with van der Waals surface area (Å²) in [6.07, 6.45) is -8.48. The van der Waals surface area contributed by atoms with E-state index in [4.69, 9.17) is 20.9 Å². The average molecular weight is 591 g/mol. The maximum atomic E-state index is 12.6. The number of hydrogen-bond acceptors (Lipinski definition) is 6. The summed E-state index contributed by atoms with van der Waals surface area (Å²) in [5.74, 6) is -0.791. The number of ether oxygens (including phenoxy) is 2. The third-order valence-corrected chi connectivity index (χ3v) is 6.85. The Hall–Kier alpha value is -3.35. The van der Waals surface area contributed by atoms with E-state index in [9.17, 15) is 31.1 Å². The molecule has 0 aromatic heterocycles. The van der Waals surface area contributed by atoms with Gasteiger partial charge in [-0.1, -0.05) is 13.8 Å². The third kappa shape index (κ3) is 8.11. The minimum atomic E-state index is -4.87. The van der Waals surface area contributed by atoms with Gasteiger partial charge in [-0.15, -0.1) is 0 Å². The van der Waals surface area contributed by atoms with Gasteiger partial charge in [-0.3, -0.25) is 9.69 Å². The Morgan fingerprint density at radius 2 is 1.56 bits per heavy atom. The van der Waals surface area contributed by atoms with Crippen LogP contribution in [0, 0.1) is 0 Å². The summed E-state index contributed by atoms with van der Waals surface area (Å²) in [6, 6.07) is 6.90. The first-order chi connectivity index (χ1) is 18.8. The molecule has 2 aromatic carbocycles. The van der Waals surface area contributed by atoms with E-state index in [-0.39, 0.29) is 25.7 Å². The molecule has 1 amide bonds. The molecule has 0 atom stereocenters. The van der Waals surface area contributed by atoms with Gasteiger partial charge in [0.15, 0.2) is 0 Å². The smallest absolute Gasteiger partial charge is 0.471 e. The van der Waals surface area contributed by atoms with Gasteiger partial charge < -0.3 is 25.8 Å². The second-order valence-electron chi connectivity index (χ2n) is 11.2. The maximum Gasteiger partial charge on any atom is 0.471 e. The number of amides is 1. The van der Waals surface area contributed by atoms with Gasteiger partial charge in [0.05, 0.1) is 31.1 Å². The molecule has 2 aromatic rings. The molecule has 0 saturated heterocycles. The Morgan fingerprint density at radius 3 is 2.12 bits per heavy atom. The van der Waals surface area contributed by atoms with E-state index in [1.165, 1.54) is 12.0 Å². The van der Waals surface area contributed by atoms with Crippen molar-refractivity contribution in [1.82, 2.24) is 9.80 Å². The lowest BCUT2D eigenvalue weighted by Crippen LogP contribution is -2.49. The molecule has 0 bridgehead atoms. The zero-order valence-corrected chi connectivity index (χ0v) is 23.7. The molecule has 2 heterocycles. The molecule has 0 spiro atoms. The fraction of sp³-hybridized carbons (Fsp3) is 0.536. The van der Waals surface area contributed by atoms with Crippen LogP contribution < -0.4 is 20.9 Å². The number of carbonyl (C=O) groups excluding carboxylic acids is 1. The van der Waals surface area contributed by atoms with E-state index in [1.54, 1.807) is 32.0 Å². The van der Waals surface area contributed by atoms with Gasteiger partial charge in [0.25, 0.3) is 0 Å². The van der Waals surface area contributed by atoms with Crippen LogP contribution >= 0.6 is 0 Å². The molecule has 4 N–H and O–H groups in total. The van der Waals surface area contributed by atoms with Gasteiger partial charge >= 0.3 is 18.3 Å². The topological polar surface area (TPSA) is 94.0 Å². The predicted octanol–water partition coefficient (Wildman–Crippen LogP) is 5.44. The zero-order chi connectivity index (χ0) is 30.9. The molecule has 228 valence electrons. The van der Waals surface area contributed by atoms with Gasteiger partial charge in [-0.25, -0.2) is 0 Å². The van der Waals surface area contributed by atoms with Crippen molar-refractivity contribution in [3.63, 3.8) is 0 Å². The Balaban J connectivity index is 0.000000226. The summed E-state index contributed by atoms with van der Waals surface area (Å²) in [7, 11) is 1.48. The number of hydrogen-bond donors (Lipinski definition) is 2. The number of carbonyl (C=O) groups is 1. The van der Waals surface area contributed by atoms with Gasteiger partial charge in [-0.2, -0.15) is 26.3 Å². The van der Waals surface area contributed by atoms with Crippen LogP contribution in [0.4, 0.5) is 37.7 Å². The number of nitrogens with two attached hydrogens (primary N) is 2. The number of methoxy groups -OCH3 is 1. The minimum Gasteiger partial charge on any atom is -0.495 e. The fourth-order valence-electron chi connectivity index (χ4n) is 5.14. The highest BCUT2D eigenvalue weighted by Crippen LogP contribution is 2.39. The van der Waals surface area contributed by atoms with Crippen LogP contribution in [0.2, 0.25) is 0 Å². The second kappa shape index (κ2) is 11.9. The van der Waals surface area contributed by atoms with E-state index in [0.717, 1.165) is 21.6 Å². The Labute approximate surface area is 235 Å². The van der Waals surface area contributed by atoms with Crippen LogP contribution in [-0.4, -0.2) is 60.9 Å². The normalized spacial score (nSPS) is 16.8. The van der Waals surface area contributed by atoms with Crippen molar-refractivity contribution in [2.75, 3.05) is 38.2 Å². The highest BCUT2D eigenvalue weighted by molar-refractivity contribution is 5.82. The largest absolute Gasteiger partial charge is 0.495 e. The Bertz CT molecular complexity index is 1260. The Kier molecular flexibility index (Phi) is 9.31. The lowest BCUT2D eigenvalue weighted by atomic mass is 9.78. The summed E-state index contributed by atoms with van der Waals surface area (Å²) in [5.41, 5.74) is 15.3. The van der Waals surface area contributed by atoms with Crippen LogP contribution in [0.3, 0.4) is 0 Å². The van der Waals surface area contributed by atoms with E-state index >= 15 is 0 Å². The first-order valence-corrected chi connectivity index (χ1v) is 13.0. The second-order valence-corrected chi connectivity index (χ2v) is 11.2. The first-order valence-electron chi connectivity index (χ1n) is 13.0. The van der Waals surface area contributed by atoms with Crippen molar-refractivity contribution in [3.8, 4) is 11.5 Å². The van der Waals surface area contributed by atoms with E-state index < -0.39 is 30.2 Å². The molecular formula is C28H36F6N4O3. The van der Waals surface area contributed by atoms with Crippen molar-refractivity contribution < 1.29 is 40.6 Å². The van der Waals surface area contributed by atoms with Crippen molar-refractivity contribution in [2.24, 2.45) is 0 Å². The highest BCUT2D eigenvalue weighted by atomic mass is 19.4. The summed E-state index contributed by atoms with van der Waals surface area (Å²) >= 11 is 0. The molecule has 0 fully saturated rings. The van der Waals surface area contributed by atoms with Crippen molar-refractivity contribution in [2.45, 2.75) is 71.1 Å². The van der Waals surface area contributed by atoms with Crippen LogP contribution in [0.1, 0.15) is 49.9 Å². The van der Waals surface area contributed by atoms with Crippen molar-refractivity contribution in [3.05, 3.63) is 46.5 Å². The molecule has 0 saturated carbocycles. The SMILES string of the molecule is CC(C)Oc1cc2c(cc1N)CCN(CC(F)(F)F)C2.COc1cc2c(cc1N)CN(C(=O)C(F)(F)F)CC2(C)C. The molecule has 0 radical (unpaired) electrons. The first kappa shape index (κ1) is 32.2. The van der Waals surface area contributed by atoms with E-state index in [0.29, 0.717) is 41.4 Å². The maximum absolute atomic E-state index is 12.6. The van der Waals surface area contributed by atoms with E-state index in [2.05, 4.69) is 0 Å². The van der Waals surface area contributed by atoms with Crippen LogP contribution in [0.25, 0.3) is 0 Å². The molecule has 13 heteroatoms. The molecule has 2 aliphatic rings. The molecule has 0 aliphatic carbocycles. The lowest BCUT2D eigenvalue weighted by Gasteiger charge is -2.40. The number of rotatable bonds is 4. The standard InChI is InChI=1S/C14H17F3N2O2.C14H19F3N2O/c1-13(2)7-19(12(20)14(15,16)17)6-8-4-10(18)11(21-3)5-9(8)13;1-9(2)20-13-6-11-7-19(8-14(15,16)17)4-3-10(11)5-12(13)18/h4-5H,6-7,18H2,1-3H3;5-6,9H,3-4,7-8,18H2,1-2H3. The van der Waals surface area contributed by atoms with E-state index in [1.807, 2.05) is 19.9 Å². The molecule has 4 rings (SSSR count). The molecule has 7 nitrogen and oxygen atoms in total. The zero-order valence-electron chi connectivity index (χ0n) is 23.7. The number of fused-ring (bicyclic) bond motifs is 2. The quantitative estimate of drug-likeness (QED) is 0.364. The predicted molar refractivity (Wildman–Crippen MR) is 144 cm³/mol. The minimum absolute atomic E-state index is 0.00852. The summed E-state index contributed by atoms with van der Waals surface area (Å²) in [4.78, 5) is 13.7. The number of alkyl halides is 6. The van der Waals surface area contributed by atoms with Crippen LogP contribution in [0.15, 0.2) is 24.3 Å². The van der Waals surface area contributed by atoms with Gasteiger partial charge in [0.1, 0.15) is 11.5 Å². The summed E-state index contributed by atoms with van der Waals surface area (Å²) in [5, 5.41) is 0. The Morgan fingerprint density at radius 1 is 0.951 bits per heavy atom. The van der Waals surface area contributed by atoms with Crippen molar-refractivity contribution >= 4 is 17.3 Å². The lowest BCUT2D eigenvalue weighted by molar-refractivity contribution is -0.187. The monoisotopic (exact) mass is 590 g/mol. The van der Waals surface area contributed by atoms with Gasteiger partial charge in [0, 0.05) is 31.6 Å². The van der Waals surface area contributed by atoms with Crippen molar-refractivity contribution in [1.29, 1.82) is 0 Å². The van der Waals surface area contributed by atoms with Crippen LogP contribution in [0.5, 0.6) is 11.5 Å². The number of halogens is 6.